The van der Waals surface area contributed by atoms with Crippen molar-refractivity contribution in [2.45, 2.75) is 33.1 Å². The van der Waals surface area contributed by atoms with E-state index in [9.17, 15) is 9.59 Å². The fourth-order valence-electron chi connectivity index (χ4n) is 2.75. The molecule has 2 rings (SSSR count). The third-order valence-corrected chi connectivity index (χ3v) is 4.33. The highest BCUT2D eigenvalue weighted by molar-refractivity contribution is 5.90. The van der Waals surface area contributed by atoms with Gasteiger partial charge in [-0.15, -0.1) is 0 Å². The first-order valence-corrected chi connectivity index (χ1v) is 8.83. The largest absolute Gasteiger partial charge is 0.493 e. The van der Waals surface area contributed by atoms with Crippen LogP contribution in [0.5, 0.6) is 11.5 Å². The summed E-state index contributed by atoms with van der Waals surface area (Å²) in [5.41, 5.74) is 1.75. The van der Waals surface area contributed by atoms with E-state index in [0.717, 1.165) is 19.3 Å². The van der Waals surface area contributed by atoms with Crippen molar-refractivity contribution in [3.8, 4) is 11.5 Å². The SMILES string of the molecule is Cc1c(OCCCCCOc2cccc(C(=O)O)c2C)cccc1C(=O)O. The lowest BCUT2D eigenvalue weighted by Crippen LogP contribution is -2.06. The van der Waals surface area contributed by atoms with Crippen molar-refractivity contribution in [3.05, 3.63) is 58.7 Å². The first kappa shape index (κ1) is 20.3. The van der Waals surface area contributed by atoms with Gasteiger partial charge in [0, 0.05) is 11.1 Å². The summed E-state index contributed by atoms with van der Waals surface area (Å²) in [5, 5.41) is 18.2. The molecule has 0 aliphatic rings. The van der Waals surface area contributed by atoms with Crippen molar-refractivity contribution in [3.63, 3.8) is 0 Å². The third-order valence-electron chi connectivity index (χ3n) is 4.33. The fourth-order valence-corrected chi connectivity index (χ4v) is 2.75. The van der Waals surface area contributed by atoms with E-state index in [1.807, 2.05) is 0 Å². The van der Waals surface area contributed by atoms with E-state index >= 15 is 0 Å². The van der Waals surface area contributed by atoms with Crippen LogP contribution in [0.2, 0.25) is 0 Å². The number of carbonyl (C=O) groups is 2. The summed E-state index contributed by atoms with van der Waals surface area (Å²) in [5.74, 6) is -0.741. The van der Waals surface area contributed by atoms with Crippen molar-refractivity contribution in [2.24, 2.45) is 0 Å². The molecule has 27 heavy (non-hydrogen) atoms. The Morgan fingerprint density at radius 1 is 0.741 bits per heavy atom. The minimum atomic E-state index is -0.961. The molecule has 0 unspecified atom stereocenters. The molecule has 0 bridgehead atoms. The second-order valence-electron chi connectivity index (χ2n) is 6.23. The minimum absolute atomic E-state index is 0.250. The van der Waals surface area contributed by atoms with Crippen LogP contribution in [-0.4, -0.2) is 35.4 Å². The van der Waals surface area contributed by atoms with Gasteiger partial charge in [0.2, 0.25) is 0 Å². The number of aromatic carboxylic acids is 2. The maximum absolute atomic E-state index is 11.1. The van der Waals surface area contributed by atoms with E-state index in [4.69, 9.17) is 19.7 Å². The third kappa shape index (κ3) is 5.48. The van der Waals surface area contributed by atoms with Crippen LogP contribution in [0, 0.1) is 13.8 Å². The van der Waals surface area contributed by atoms with E-state index in [2.05, 4.69) is 0 Å². The van der Waals surface area contributed by atoms with Gasteiger partial charge in [0.15, 0.2) is 0 Å². The average Bonchev–Trinajstić information content (AvgIpc) is 2.62. The Balaban J connectivity index is 1.72. The van der Waals surface area contributed by atoms with Crippen molar-refractivity contribution < 1.29 is 29.3 Å². The summed E-state index contributed by atoms with van der Waals surface area (Å²) in [6, 6.07) is 10.00. The lowest BCUT2D eigenvalue weighted by molar-refractivity contribution is 0.0684. The van der Waals surface area contributed by atoms with Crippen molar-refractivity contribution in [1.29, 1.82) is 0 Å². The Morgan fingerprint density at radius 2 is 1.15 bits per heavy atom. The van der Waals surface area contributed by atoms with Crippen LogP contribution in [0.3, 0.4) is 0 Å². The molecule has 0 aliphatic heterocycles. The van der Waals surface area contributed by atoms with Crippen LogP contribution < -0.4 is 9.47 Å². The zero-order valence-corrected chi connectivity index (χ0v) is 15.5. The highest BCUT2D eigenvalue weighted by Crippen LogP contribution is 2.23. The van der Waals surface area contributed by atoms with Crippen molar-refractivity contribution >= 4 is 11.9 Å². The molecule has 0 fully saturated rings. The number of rotatable bonds is 10. The van der Waals surface area contributed by atoms with Gasteiger partial charge < -0.3 is 19.7 Å². The number of benzene rings is 2. The smallest absolute Gasteiger partial charge is 0.336 e. The van der Waals surface area contributed by atoms with Gasteiger partial charge in [-0.3, -0.25) is 0 Å². The zero-order valence-electron chi connectivity index (χ0n) is 15.5. The first-order valence-electron chi connectivity index (χ1n) is 8.83. The Hall–Kier alpha value is -3.02. The van der Waals surface area contributed by atoms with Gasteiger partial charge in [-0.05, 0) is 57.4 Å². The van der Waals surface area contributed by atoms with Gasteiger partial charge in [0.1, 0.15) is 11.5 Å². The molecule has 2 aromatic rings. The number of carboxylic acids is 2. The predicted octanol–water partition coefficient (Wildman–Crippen LogP) is 4.33. The Labute approximate surface area is 158 Å². The second-order valence-corrected chi connectivity index (χ2v) is 6.23. The van der Waals surface area contributed by atoms with Crippen molar-refractivity contribution in [2.75, 3.05) is 13.2 Å². The molecule has 0 aliphatic carbocycles. The fraction of sp³-hybridized carbons (Fsp3) is 0.333. The molecule has 0 aromatic heterocycles. The summed E-state index contributed by atoms with van der Waals surface area (Å²) < 4.78 is 11.4. The van der Waals surface area contributed by atoms with Crippen LogP contribution in [-0.2, 0) is 0 Å². The Morgan fingerprint density at radius 3 is 1.52 bits per heavy atom. The molecule has 2 aromatic carbocycles. The highest BCUT2D eigenvalue weighted by atomic mass is 16.5. The molecule has 0 saturated carbocycles. The molecular weight excluding hydrogens is 348 g/mol. The Bertz CT molecular complexity index is 745. The second kappa shape index (κ2) is 9.62. The van der Waals surface area contributed by atoms with Crippen LogP contribution in [0.15, 0.2) is 36.4 Å². The molecule has 144 valence electrons. The van der Waals surface area contributed by atoms with E-state index in [1.54, 1.807) is 50.2 Å². The standard InChI is InChI=1S/C21H24O6/c1-14-16(20(22)23)8-6-10-18(14)26-12-4-3-5-13-27-19-11-7-9-17(15(19)2)21(24)25/h6-11H,3-5,12-13H2,1-2H3,(H,22,23)(H,24,25). The van der Waals surface area contributed by atoms with Crippen LogP contribution >= 0.6 is 0 Å². The highest BCUT2D eigenvalue weighted by Gasteiger charge is 2.11. The summed E-state index contributed by atoms with van der Waals surface area (Å²) in [4.78, 5) is 22.2. The van der Waals surface area contributed by atoms with Gasteiger partial charge in [-0.25, -0.2) is 9.59 Å². The molecule has 0 amide bonds. The molecular formula is C21H24O6. The zero-order chi connectivity index (χ0) is 19.8. The molecule has 2 N–H and O–H groups in total. The number of unbranched alkanes of at least 4 members (excludes halogenated alkanes) is 2. The predicted molar refractivity (Wildman–Crippen MR) is 101 cm³/mol. The van der Waals surface area contributed by atoms with Gasteiger partial charge in [0.05, 0.1) is 24.3 Å². The maximum atomic E-state index is 11.1. The lowest BCUT2D eigenvalue weighted by atomic mass is 10.1. The van der Waals surface area contributed by atoms with E-state index in [1.165, 1.54) is 0 Å². The van der Waals surface area contributed by atoms with Gasteiger partial charge in [-0.2, -0.15) is 0 Å². The van der Waals surface area contributed by atoms with E-state index < -0.39 is 11.9 Å². The number of carboxylic acid groups (broad SMARTS) is 2. The monoisotopic (exact) mass is 372 g/mol. The summed E-state index contributed by atoms with van der Waals surface area (Å²) in [6.07, 6.45) is 2.51. The molecule has 0 saturated heterocycles. The molecule has 0 heterocycles. The quantitative estimate of drug-likeness (QED) is 0.603. The average molecular weight is 372 g/mol. The molecule has 0 spiro atoms. The molecule has 0 radical (unpaired) electrons. The summed E-state index contributed by atoms with van der Waals surface area (Å²) in [6.45, 7) is 4.47. The lowest BCUT2D eigenvalue weighted by Gasteiger charge is -2.12. The normalized spacial score (nSPS) is 10.4. The number of hydrogen-bond donors (Lipinski definition) is 2. The van der Waals surface area contributed by atoms with E-state index in [0.29, 0.717) is 35.8 Å². The van der Waals surface area contributed by atoms with Gasteiger partial charge in [0.25, 0.3) is 0 Å². The first-order chi connectivity index (χ1) is 12.9. The molecule has 6 heteroatoms. The molecule has 6 nitrogen and oxygen atoms in total. The maximum Gasteiger partial charge on any atom is 0.336 e. The van der Waals surface area contributed by atoms with Crippen molar-refractivity contribution in [1.82, 2.24) is 0 Å². The van der Waals surface area contributed by atoms with Crippen LogP contribution in [0.1, 0.15) is 51.1 Å². The summed E-state index contributed by atoms with van der Waals surface area (Å²) >= 11 is 0. The topological polar surface area (TPSA) is 93.1 Å². The Kier molecular flexibility index (Phi) is 7.23. The minimum Gasteiger partial charge on any atom is -0.493 e. The van der Waals surface area contributed by atoms with Crippen LogP contribution in [0.25, 0.3) is 0 Å². The number of hydrogen-bond acceptors (Lipinski definition) is 4. The van der Waals surface area contributed by atoms with Gasteiger partial charge >= 0.3 is 11.9 Å². The van der Waals surface area contributed by atoms with Gasteiger partial charge in [-0.1, -0.05) is 12.1 Å². The van der Waals surface area contributed by atoms with E-state index in [-0.39, 0.29) is 11.1 Å². The number of ether oxygens (including phenoxy) is 2. The molecule has 0 atom stereocenters. The summed E-state index contributed by atoms with van der Waals surface area (Å²) in [7, 11) is 0. The van der Waals surface area contributed by atoms with Crippen LogP contribution in [0.4, 0.5) is 0 Å².